The van der Waals surface area contributed by atoms with Crippen LogP contribution in [0.4, 0.5) is 69.0 Å². The fraction of sp³-hybridized carbons (Fsp3) is 0.391. The molecule has 2 aliphatic heterocycles. The molecule has 2 aliphatic carbocycles. The largest absolute Gasteiger partial charge is 1.00 e. The number of hydrogen-bond donors (Lipinski definition) is 6. The maximum absolute atomic E-state index is 12.8. The molecular formula is C64H84Cl3N14NaO7P2. The summed E-state index contributed by atoms with van der Waals surface area (Å²) < 4.78 is 25.6. The number of nitrogens with zero attached hydrogens (tertiary/aromatic N) is 8. The Morgan fingerprint density at radius 1 is 0.659 bits per heavy atom. The number of carbonyl (C=O) groups excluding carboxylic acids is 3. The van der Waals surface area contributed by atoms with Crippen molar-refractivity contribution < 1.29 is 63.2 Å². The molecule has 0 radical (unpaired) electrons. The van der Waals surface area contributed by atoms with E-state index in [0.717, 1.165) is 79.2 Å². The third-order valence-electron chi connectivity index (χ3n) is 16.6. The Morgan fingerprint density at radius 3 is 1.41 bits per heavy atom. The Hall–Kier alpha value is -6.06. The number of nitrogen functional groups attached to an aromatic ring is 1. The minimum absolute atomic E-state index is 0. The molecule has 2 spiro atoms. The van der Waals surface area contributed by atoms with E-state index in [1.165, 1.54) is 50.8 Å². The molecular weight excluding hydrogens is 1270 g/mol. The van der Waals surface area contributed by atoms with Gasteiger partial charge in [0, 0.05) is 60.2 Å². The van der Waals surface area contributed by atoms with Gasteiger partial charge in [0.1, 0.15) is 24.3 Å². The molecule has 4 aliphatic rings. The molecule has 1 amide bonds. The number of amides is 1. The van der Waals surface area contributed by atoms with E-state index >= 15 is 0 Å². The van der Waals surface area contributed by atoms with Crippen LogP contribution in [0, 0.1) is 10.8 Å². The molecule has 4 aromatic carbocycles. The van der Waals surface area contributed by atoms with E-state index in [4.69, 9.17) is 50.6 Å². The van der Waals surface area contributed by atoms with Gasteiger partial charge in [-0.1, -0.05) is 68.1 Å². The summed E-state index contributed by atoms with van der Waals surface area (Å²) in [7, 11) is 3.67. The van der Waals surface area contributed by atoms with Crippen molar-refractivity contribution in [2.24, 2.45) is 10.8 Å². The number of hydrogen-bond acceptors (Lipinski definition) is 20. The summed E-state index contributed by atoms with van der Waals surface area (Å²) in [4.78, 5) is 60.4. The van der Waals surface area contributed by atoms with Gasteiger partial charge >= 0.3 is 29.6 Å². The standard InChI is InChI=1S/C31H39ClN7O2P.C28H37ClN7OP.C3H3ClO.CH2O3.CH4.Na/c1-6-28(40)35-25-17-21(11-12-26(25)39-15-13-31(14-16-39)18-22(19-31)38(2)3)34-30-33-20-23(32)29(37-30)36-24-9-7-8-10-27(24)42(4,5)41;1-35(2)20-16-28(17-20)11-13-36(14-12-28)24-10-9-19(15-22(24)30)32-27-31-18-21(29)26(34-27)33-23-7-5-6-8-25(23)38(3,4)37;1-2-3(4)5;2-1-4-3;;/h6-12,17,20,22H,1,13-16,18-19H2,2-5H3,(H,35,40)(H2,33,34,36,37);5-10,15,18,20H,11-14,16-17,30H2,1-4H3,(H2,31,32,33,34);2H,1H2;1,3H;1H4;/q;;;;;+1/p-1. The van der Waals surface area contributed by atoms with Gasteiger partial charge in [0.05, 0.1) is 46.5 Å². The average molecular weight is 1350 g/mol. The summed E-state index contributed by atoms with van der Waals surface area (Å²) in [6.45, 7) is 17.4. The first-order valence-corrected chi connectivity index (χ1v) is 35.3. The summed E-state index contributed by atoms with van der Waals surface area (Å²) in [5.41, 5.74) is 13.9. The molecule has 0 bridgehead atoms. The van der Waals surface area contributed by atoms with Crippen molar-refractivity contribution in [2.45, 2.75) is 70.9 Å². The molecule has 6 aromatic rings. The van der Waals surface area contributed by atoms with Crippen molar-refractivity contribution in [3.05, 3.63) is 133 Å². The number of rotatable bonds is 18. The number of benzene rings is 4. The molecule has 7 N–H and O–H groups in total. The number of para-hydroxylation sites is 2. The van der Waals surface area contributed by atoms with Gasteiger partial charge in [-0.05, 0) is 201 Å². The van der Waals surface area contributed by atoms with Gasteiger partial charge < -0.3 is 71.2 Å². The fourth-order valence-electron chi connectivity index (χ4n) is 11.6. The van der Waals surface area contributed by atoms with Crippen molar-refractivity contribution in [3.8, 4) is 0 Å². The maximum Gasteiger partial charge on any atom is 1.00 e. The number of nitrogens with two attached hydrogens (primary N) is 1. The predicted molar refractivity (Wildman–Crippen MR) is 371 cm³/mol. The van der Waals surface area contributed by atoms with Gasteiger partial charge in [0.2, 0.25) is 23.0 Å². The third kappa shape index (κ3) is 20.7. The molecule has 2 saturated carbocycles. The average Bonchev–Trinajstić information content (AvgIpc) is 0.781. The number of nitrogens with one attached hydrogen (secondary N) is 5. The Morgan fingerprint density at radius 2 is 1.04 bits per heavy atom. The molecule has 4 fully saturated rings. The third-order valence-corrected chi connectivity index (χ3v) is 20.4. The van der Waals surface area contributed by atoms with E-state index in [0.29, 0.717) is 78.5 Å². The molecule has 2 aromatic heterocycles. The number of allylic oxidation sites excluding steroid dienone is 1. The van der Waals surface area contributed by atoms with Crippen LogP contribution in [-0.4, -0.2) is 140 Å². The summed E-state index contributed by atoms with van der Waals surface area (Å²) in [6.07, 6.45) is 15.3. The molecule has 21 nitrogen and oxygen atoms in total. The molecule has 0 unspecified atom stereocenters. The molecule has 2 saturated heterocycles. The van der Waals surface area contributed by atoms with E-state index in [1.807, 2.05) is 78.9 Å². The number of aromatic nitrogens is 4. The van der Waals surface area contributed by atoms with Crippen LogP contribution in [0.5, 0.6) is 0 Å². The van der Waals surface area contributed by atoms with E-state index < -0.39 is 19.5 Å². The van der Waals surface area contributed by atoms with Crippen LogP contribution in [0.3, 0.4) is 0 Å². The van der Waals surface area contributed by atoms with Gasteiger partial charge in [0.25, 0.3) is 6.47 Å². The minimum atomic E-state index is -2.54. The first-order valence-electron chi connectivity index (χ1n) is 28.9. The second kappa shape index (κ2) is 33.7. The number of halogens is 3. The van der Waals surface area contributed by atoms with E-state index in [9.17, 15) is 18.7 Å². The van der Waals surface area contributed by atoms with E-state index in [1.54, 1.807) is 32.9 Å². The summed E-state index contributed by atoms with van der Waals surface area (Å²) in [5.74, 6) is 1.26. The predicted octanol–water partition coefficient (Wildman–Crippen LogP) is 9.07. The molecule has 10 rings (SSSR count). The second-order valence-corrected chi connectivity index (χ2v) is 31.5. The zero-order chi connectivity index (χ0) is 64.8. The summed E-state index contributed by atoms with van der Waals surface area (Å²) in [5, 5.41) is 26.0. The van der Waals surface area contributed by atoms with Crippen LogP contribution in [0.15, 0.2) is 123 Å². The molecule has 4 heterocycles. The van der Waals surface area contributed by atoms with Crippen LogP contribution >= 0.6 is 49.1 Å². The molecule has 91 heavy (non-hydrogen) atoms. The van der Waals surface area contributed by atoms with Crippen LogP contribution < -0.4 is 87.5 Å². The number of anilines is 12. The summed E-state index contributed by atoms with van der Waals surface area (Å²) in [6, 6.07) is 28.2. The fourth-order valence-corrected chi connectivity index (χ4v) is 14.2. The first-order chi connectivity index (χ1) is 42.2. The second-order valence-electron chi connectivity index (χ2n) is 23.9. The molecule has 0 atom stereocenters. The van der Waals surface area contributed by atoms with Gasteiger partial charge in [-0.25, -0.2) is 9.97 Å². The summed E-state index contributed by atoms with van der Waals surface area (Å²) >= 11 is 17.5. The smallest absolute Gasteiger partial charge is 0.662 e. The first kappa shape index (κ1) is 75.7. The van der Waals surface area contributed by atoms with Gasteiger partial charge in [-0.15, -0.1) is 0 Å². The van der Waals surface area contributed by atoms with Crippen LogP contribution in [0.1, 0.15) is 58.8 Å². The van der Waals surface area contributed by atoms with Crippen LogP contribution in [0.2, 0.25) is 10.0 Å². The van der Waals surface area contributed by atoms with Gasteiger partial charge in [0.15, 0.2) is 11.6 Å². The van der Waals surface area contributed by atoms with Crippen LogP contribution in [-0.2, 0) is 28.4 Å². The van der Waals surface area contributed by atoms with Crippen molar-refractivity contribution in [1.82, 2.24) is 29.7 Å². The van der Waals surface area contributed by atoms with Crippen molar-refractivity contribution in [3.63, 3.8) is 0 Å². The zero-order valence-corrected chi connectivity index (χ0v) is 58.6. The maximum atomic E-state index is 12.8. The van der Waals surface area contributed by atoms with Crippen molar-refractivity contribution in [1.29, 1.82) is 0 Å². The monoisotopic (exact) mass is 1350 g/mol. The Labute approximate surface area is 572 Å². The number of piperidine rings is 2. The van der Waals surface area contributed by atoms with Gasteiger partial charge in [-0.2, -0.15) is 9.97 Å². The Balaban J connectivity index is 0.000000287. The Kier molecular flexibility index (Phi) is 28.0. The molecule has 27 heteroatoms. The van der Waals surface area contributed by atoms with Crippen molar-refractivity contribution >= 4 is 146 Å². The Bertz CT molecular complexity index is 3580. The topological polar surface area (TPSA) is 268 Å². The normalized spacial score (nSPS) is 16.2. The number of carbonyl (C=O) groups is 3. The molecule has 484 valence electrons. The zero-order valence-electron chi connectivity index (χ0n) is 52.6. The van der Waals surface area contributed by atoms with Crippen LogP contribution in [0.25, 0.3) is 0 Å². The van der Waals surface area contributed by atoms with Gasteiger partial charge in [-0.3, -0.25) is 14.4 Å². The van der Waals surface area contributed by atoms with Crippen molar-refractivity contribution in [2.75, 3.05) is 123 Å². The quantitative estimate of drug-likeness (QED) is 0.00684. The van der Waals surface area contributed by atoms with E-state index in [2.05, 4.69) is 118 Å². The van der Waals surface area contributed by atoms with E-state index in [-0.39, 0.29) is 49.4 Å². The SMILES string of the molecule is C.C=CC(=O)Cl.C=CC(=O)Nc1cc(Nc2ncc(Cl)c(Nc3ccccc3P(C)(C)=O)n2)ccc1N1CCC2(CC1)CC(N(C)C)C2.CN(C)C1CC2(CCN(c3ccc(Nc4ncc(Cl)c(Nc5ccccc5P(C)(C)=O)n4)cc3N)CC2)C1.O=CO[O-].[Na+]. The minimum Gasteiger partial charge on any atom is -0.662 e.